The van der Waals surface area contributed by atoms with Gasteiger partial charge in [-0.1, -0.05) is 6.07 Å². The van der Waals surface area contributed by atoms with E-state index in [0.29, 0.717) is 5.56 Å². The first-order chi connectivity index (χ1) is 9.67. The first kappa shape index (κ1) is 16.7. The van der Waals surface area contributed by atoms with Gasteiger partial charge in [0.15, 0.2) is 9.84 Å². The molecule has 0 amide bonds. The van der Waals surface area contributed by atoms with Crippen LogP contribution in [-0.2, 0) is 25.7 Å². The Labute approximate surface area is 128 Å². The van der Waals surface area contributed by atoms with E-state index in [2.05, 4.69) is 0 Å². The molecule has 1 heterocycles. The summed E-state index contributed by atoms with van der Waals surface area (Å²) in [4.78, 5) is -0.205. The van der Waals surface area contributed by atoms with E-state index >= 15 is 0 Å². The molecule has 1 saturated heterocycles. The van der Waals surface area contributed by atoms with E-state index in [-0.39, 0.29) is 28.8 Å². The van der Waals surface area contributed by atoms with E-state index in [4.69, 9.17) is 11.6 Å². The second kappa shape index (κ2) is 5.83. The third-order valence-electron chi connectivity index (χ3n) is 3.37. The van der Waals surface area contributed by atoms with Crippen molar-refractivity contribution < 1.29 is 21.2 Å². The van der Waals surface area contributed by atoms with Gasteiger partial charge in [-0.25, -0.2) is 21.2 Å². The summed E-state index contributed by atoms with van der Waals surface area (Å²) >= 11 is 5.71. The minimum absolute atomic E-state index is 0.0740. The van der Waals surface area contributed by atoms with Gasteiger partial charge in [-0.2, -0.15) is 4.31 Å². The van der Waals surface area contributed by atoms with Crippen LogP contribution in [0.15, 0.2) is 23.1 Å². The molecule has 9 heteroatoms. The lowest BCUT2D eigenvalue weighted by Gasteiger charge is -2.32. The van der Waals surface area contributed by atoms with E-state index < -0.39 is 31.7 Å². The summed E-state index contributed by atoms with van der Waals surface area (Å²) < 4.78 is 62.9. The molecular weight excluding hydrogens is 341 g/mol. The SMILES string of the molecule is CC1CS(=O)(=O)CCN1S(=O)(=O)c1cc(F)ccc1CCl. The van der Waals surface area contributed by atoms with Gasteiger partial charge < -0.3 is 0 Å². The van der Waals surface area contributed by atoms with Gasteiger partial charge >= 0.3 is 0 Å². The Bertz CT molecular complexity index is 749. The fraction of sp³-hybridized carbons (Fsp3) is 0.500. The molecule has 1 aromatic rings. The quantitative estimate of drug-likeness (QED) is 0.768. The maximum atomic E-state index is 13.4. The number of nitrogens with zero attached hydrogens (tertiary/aromatic N) is 1. The normalized spacial score (nSPS) is 23.1. The van der Waals surface area contributed by atoms with Crippen molar-refractivity contribution in [2.24, 2.45) is 0 Å². The highest BCUT2D eigenvalue weighted by atomic mass is 35.5. The van der Waals surface area contributed by atoms with Crippen molar-refractivity contribution in [2.45, 2.75) is 23.7 Å². The molecule has 1 atom stereocenters. The lowest BCUT2D eigenvalue weighted by molar-refractivity contribution is 0.356. The highest BCUT2D eigenvalue weighted by Gasteiger charge is 2.37. The second-order valence-corrected chi connectivity index (χ2v) is 9.32. The first-order valence-electron chi connectivity index (χ1n) is 6.24. The summed E-state index contributed by atoms with van der Waals surface area (Å²) in [7, 11) is -7.22. The van der Waals surface area contributed by atoms with E-state index in [1.54, 1.807) is 0 Å². The van der Waals surface area contributed by atoms with Crippen LogP contribution in [0.25, 0.3) is 0 Å². The molecule has 5 nitrogen and oxygen atoms in total. The van der Waals surface area contributed by atoms with Crippen LogP contribution in [0.2, 0.25) is 0 Å². The Hall–Kier alpha value is -0.700. The maximum Gasteiger partial charge on any atom is 0.243 e. The molecule has 0 bridgehead atoms. The van der Waals surface area contributed by atoms with Crippen LogP contribution in [0.1, 0.15) is 12.5 Å². The predicted molar refractivity (Wildman–Crippen MR) is 78.0 cm³/mol. The first-order valence-corrected chi connectivity index (χ1v) is 10.0. The summed E-state index contributed by atoms with van der Waals surface area (Å²) in [6.07, 6.45) is 0. The molecule has 118 valence electrons. The van der Waals surface area contributed by atoms with Crippen LogP contribution >= 0.6 is 11.6 Å². The Morgan fingerprint density at radius 1 is 1.43 bits per heavy atom. The van der Waals surface area contributed by atoms with Gasteiger partial charge in [0, 0.05) is 18.5 Å². The molecular formula is C12H15ClFNO4S2. The third kappa shape index (κ3) is 3.39. The van der Waals surface area contributed by atoms with Crippen LogP contribution in [0.3, 0.4) is 0 Å². The van der Waals surface area contributed by atoms with Crippen molar-refractivity contribution in [2.75, 3.05) is 18.1 Å². The van der Waals surface area contributed by atoms with Gasteiger partial charge in [0.1, 0.15) is 5.82 Å². The number of alkyl halides is 1. The number of sulfonamides is 1. The van der Waals surface area contributed by atoms with Crippen LogP contribution < -0.4 is 0 Å². The zero-order chi connectivity index (χ0) is 15.8. The summed E-state index contributed by atoms with van der Waals surface area (Å²) in [5.41, 5.74) is 0.290. The fourth-order valence-corrected chi connectivity index (χ4v) is 6.29. The Balaban J connectivity index is 2.46. The van der Waals surface area contributed by atoms with Gasteiger partial charge in [0.05, 0.1) is 16.4 Å². The van der Waals surface area contributed by atoms with Gasteiger partial charge in [-0.3, -0.25) is 0 Å². The molecule has 0 saturated carbocycles. The molecule has 0 N–H and O–H groups in total. The van der Waals surface area contributed by atoms with Crippen LogP contribution in [0.5, 0.6) is 0 Å². The lowest BCUT2D eigenvalue weighted by Crippen LogP contribution is -2.49. The average molecular weight is 356 g/mol. The second-order valence-electron chi connectivity index (χ2n) is 4.96. The topological polar surface area (TPSA) is 71.5 Å². The molecule has 1 aliphatic heterocycles. The minimum atomic E-state index is -3.98. The van der Waals surface area contributed by atoms with E-state index in [1.165, 1.54) is 13.0 Å². The zero-order valence-electron chi connectivity index (χ0n) is 11.3. The van der Waals surface area contributed by atoms with Crippen LogP contribution in [0, 0.1) is 5.82 Å². The standard InChI is InChI=1S/C12H15ClFNO4S2/c1-9-8-20(16,17)5-4-15(9)21(18,19)12-6-11(14)3-2-10(12)7-13/h2-3,6,9H,4-5,7-8H2,1H3. The summed E-state index contributed by atoms with van der Waals surface area (Å²) in [5, 5.41) is 0. The highest BCUT2D eigenvalue weighted by molar-refractivity contribution is 7.92. The van der Waals surface area contributed by atoms with Crippen molar-refractivity contribution in [3.8, 4) is 0 Å². The van der Waals surface area contributed by atoms with Crippen molar-refractivity contribution in [1.29, 1.82) is 0 Å². The Kier molecular flexibility index (Phi) is 4.63. The number of hydrogen-bond acceptors (Lipinski definition) is 4. The zero-order valence-corrected chi connectivity index (χ0v) is 13.7. The maximum absolute atomic E-state index is 13.4. The molecule has 0 aromatic heterocycles. The fourth-order valence-electron chi connectivity index (χ4n) is 2.35. The molecule has 21 heavy (non-hydrogen) atoms. The molecule has 0 spiro atoms. The largest absolute Gasteiger partial charge is 0.243 e. The minimum Gasteiger partial charge on any atom is -0.229 e. The van der Waals surface area contributed by atoms with E-state index in [0.717, 1.165) is 16.4 Å². The number of benzene rings is 1. The van der Waals surface area contributed by atoms with Crippen molar-refractivity contribution in [3.05, 3.63) is 29.6 Å². The summed E-state index contributed by atoms with van der Waals surface area (Å²) in [6.45, 7) is 1.39. The molecule has 1 aliphatic rings. The third-order valence-corrected chi connectivity index (χ3v) is 7.55. The van der Waals surface area contributed by atoms with Gasteiger partial charge in [-0.15, -0.1) is 11.6 Å². The highest BCUT2D eigenvalue weighted by Crippen LogP contribution is 2.26. The summed E-state index contributed by atoms with van der Waals surface area (Å²) in [6, 6.07) is 2.68. The number of hydrogen-bond donors (Lipinski definition) is 0. The average Bonchev–Trinajstić information content (AvgIpc) is 2.37. The van der Waals surface area contributed by atoms with Crippen molar-refractivity contribution in [3.63, 3.8) is 0 Å². The van der Waals surface area contributed by atoms with E-state index in [1.807, 2.05) is 0 Å². The molecule has 1 aromatic carbocycles. The van der Waals surface area contributed by atoms with Crippen LogP contribution in [-0.4, -0.2) is 45.2 Å². The Morgan fingerprint density at radius 3 is 2.67 bits per heavy atom. The van der Waals surface area contributed by atoms with E-state index in [9.17, 15) is 21.2 Å². The van der Waals surface area contributed by atoms with Gasteiger partial charge in [0.25, 0.3) is 0 Å². The molecule has 0 radical (unpaired) electrons. The van der Waals surface area contributed by atoms with Crippen LogP contribution in [0.4, 0.5) is 4.39 Å². The lowest BCUT2D eigenvalue weighted by atomic mass is 10.2. The van der Waals surface area contributed by atoms with Gasteiger partial charge in [-0.05, 0) is 24.6 Å². The predicted octanol–water partition coefficient (Wildman–Crippen LogP) is 1.37. The smallest absolute Gasteiger partial charge is 0.229 e. The summed E-state index contributed by atoms with van der Waals surface area (Å²) in [5.74, 6) is -1.23. The number of halogens is 2. The molecule has 1 fully saturated rings. The molecule has 1 unspecified atom stereocenters. The molecule has 0 aliphatic carbocycles. The van der Waals surface area contributed by atoms with Gasteiger partial charge in [0.2, 0.25) is 10.0 Å². The Morgan fingerprint density at radius 2 is 2.10 bits per heavy atom. The van der Waals surface area contributed by atoms with Crippen molar-refractivity contribution in [1.82, 2.24) is 4.31 Å². The molecule has 2 rings (SSSR count). The van der Waals surface area contributed by atoms with Crippen molar-refractivity contribution >= 4 is 31.5 Å². The number of sulfone groups is 1. The number of rotatable bonds is 3. The monoisotopic (exact) mass is 355 g/mol.